The molecular formula is C13H14N4O2S. The molecule has 0 N–H and O–H groups in total. The standard InChI is InChI=1S/C13H14N4O2S/c1-8-5-9(2)7-10(6-8)17-13(14-15-16-17)20-11-3-4-19-12(11)18/h5-7,11H,3-4H2,1-2H3/t11-/m0/s1. The van der Waals surface area contributed by atoms with Gasteiger partial charge in [0.2, 0.25) is 5.16 Å². The van der Waals surface area contributed by atoms with E-state index in [1.165, 1.54) is 11.8 Å². The van der Waals surface area contributed by atoms with E-state index >= 15 is 0 Å². The smallest absolute Gasteiger partial charge is 0.319 e. The Kier molecular flexibility index (Phi) is 3.43. The lowest BCUT2D eigenvalue weighted by molar-refractivity contribution is -0.137. The minimum absolute atomic E-state index is 0.190. The van der Waals surface area contributed by atoms with Gasteiger partial charge in [-0.05, 0) is 47.5 Å². The number of thioether (sulfide) groups is 1. The molecule has 0 saturated carbocycles. The molecule has 0 radical (unpaired) electrons. The molecule has 1 atom stereocenters. The van der Waals surface area contributed by atoms with Gasteiger partial charge in [-0.25, -0.2) is 0 Å². The van der Waals surface area contributed by atoms with Crippen molar-refractivity contribution in [2.24, 2.45) is 0 Å². The Balaban J connectivity index is 1.91. The number of carbonyl (C=O) groups excluding carboxylic acids is 1. The molecule has 1 fully saturated rings. The summed E-state index contributed by atoms with van der Waals surface area (Å²) in [6, 6.07) is 6.12. The Morgan fingerprint density at radius 3 is 2.70 bits per heavy atom. The van der Waals surface area contributed by atoms with Gasteiger partial charge < -0.3 is 4.74 Å². The van der Waals surface area contributed by atoms with E-state index in [1.54, 1.807) is 4.68 Å². The van der Waals surface area contributed by atoms with E-state index in [0.717, 1.165) is 16.8 Å². The van der Waals surface area contributed by atoms with Gasteiger partial charge in [-0.1, -0.05) is 17.8 Å². The molecule has 20 heavy (non-hydrogen) atoms. The van der Waals surface area contributed by atoms with Crippen LogP contribution in [0.1, 0.15) is 17.5 Å². The highest BCUT2D eigenvalue weighted by Gasteiger charge is 2.29. The Bertz CT molecular complexity index is 635. The summed E-state index contributed by atoms with van der Waals surface area (Å²) < 4.78 is 6.62. The van der Waals surface area contributed by atoms with Crippen LogP contribution in [0.2, 0.25) is 0 Å². The van der Waals surface area contributed by atoms with Gasteiger partial charge in [-0.15, -0.1) is 5.10 Å². The number of rotatable bonds is 3. The van der Waals surface area contributed by atoms with Crippen molar-refractivity contribution in [3.63, 3.8) is 0 Å². The second-order valence-electron chi connectivity index (χ2n) is 4.78. The molecule has 0 unspecified atom stereocenters. The molecule has 6 nitrogen and oxygen atoms in total. The van der Waals surface area contributed by atoms with E-state index in [1.807, 2.05) is 26.0 Å². The molecule has 0 aliphatic carbocycles. The maximum Gasteiger partial charge on any atom is 0.319 e. The first-order valence-electron chi connectivity index (χ1n) is 6.34. The second-order valence-corrected chi connectivity index (χ2v) is 5.95. The van der Waals surface area contributed by atoms with Crippen LogP contribution in [0.15, 0.2) is 23.4 Å². The number of cyclic esters (lactones) is 1. The Morgan fingerprint density at radius 2 is 2.05 bits per heavy atom. The summed E-state index contributed by atoms with van der Waals surface area (Å²) in [5.74, 6) is -0.190. The van der Waals surface area contributed by atoms with Gasteiger partial charge in [-0.3, -0.25) is 4.79 Å². The van der Waals surface area contributed by atoms with E-state index in [4.69, 9.17) is 4.74 Å². The van der Waals surface area contributed by atoms with Crippen LogP contribution >= 0.6 is 11.8 Å². The fraction of sp³-hybridized carbons (Fsp3) is 0.385. The van der Waals surface area contributed by atoms with Crippen LogP contribution in [-0.4, -0.2) is 38.0 Å². The number of hydrogen-bond donors (Lipinski definition) is 0. The quantitative estimate of drug-likeness (QED) is 0.801. The number of carbonyl (C=O) groups is 1. The lowest BCUT2D eigenvalue weighted by Crippen LogP contribution is -2.11. The first-order chi connectivity index (χ1) is 9.63. The lowest BCUT2D eigenvalue weighted by Gasteiger charge is -2.08. The number of esters is 1. The zero-order valence-corrected chi connectivity index (χ0v) is 12.1. The van der Waals surface area contributed by atoms with Crippen LogP contribution in [0.3, 0.4) is 0 Å². The molecule has 1 aromatic heterocycles. The van der Waals surface area contributed by atoms with Crippen molar-refractivity contribution < 1.29 is 9.53 Å². The van der Waals surface area contributed by atoms with E-state index in [0.29, 0.717) is 18.2 Å². The van der Waals surface area contributed by atoms with Crippen molar-refractivity contribution in [2.45, 2.75) is 30.7 Å². The Labute approximate surface area is 120 Å². The highest BCUT2D eigenvalue weighted by Crippen LogP contribution is 2.29. The van der Waals surface area contributed by atoms with Crippen molar-refractivity contribution in [1.82, 2.24) is 20.2 Å². The fourth-order valence-corrected chi connectivity index (χ4v) is 3.16. The minimum Gasteiger partial charge on any atom is -0.465 e. The summed E-state index contributed by atoms with van der Waals surface area (Å²) >= 11 is 1.35. The zero-order chi connectivity index (χ0) is 14.1. The van der Waals surface area contributed by atoms with Gasteiger partial charge in [0.25, 0.3) is 0 Å². The van der Waals surface area contributed by atoms with Crippen molar-refractivity contribution in [1.29, 1.82) is 0 Å². The molecule has 3 rings (SSSR count). The molecule has 2 aromatic rings. The van der Waals surface area contributed by atoms with Crippen molar-refractivity contribution in [3.8, 4) is 5.69 Å². The van der Waals surface area contributed by atoms with Gasteiger partial charge in [0.1, 0.15) is 5.25 Å². The molecule has 0 amide bonds. The summed E-state index contributed by atoms with van der Waals surface area (Å²) in [6.45, 7) is 4.53. The number of benzene rings is 1. The maximum atomic E-state index is 11.5. The van der Waals surface area contributed by atoms with E-state index in [2.05, 4.69) is 21.6 Å². The third kappa shape index (κ3) is 2.53. The van der Waals surface area contributed by atoms with Crippen molar-refractivity contribution >= 4 is 17.7 Å². The van der Waals surface area contributed by atoms with Gasteiger partial charge >= 0.3 is 5.97 Å². The monoisotopic (exact) mass is 290 g/mol. The molecule has 0 spiro atoms. The SMILES string of the molecule is Cc1cc(C)cc(-n2nnnc2S[C@H]2CCOC2=O)c1. The minimum atomic E-state index is -0.217. The highest BCUT2D eigenvalue weighted by molar-refractivity contribution is 8.00. The topological polar surface area (TPSA) is 69.9 Å². The Hall–Kier alpha value is -1.89. The van der Waals surface area contributed by atoms with Crippen LogP contribution in [0.25, 0.3) is 5.69 Å². The fourth-order valence-electron chi connectivity index (χ4n) is 2.20. The third-order valence-corrected chi connectivity index (χ3v) is 4.20. The highest BCUT2D eigenvalue weighted by atomic mass is 32.2. The van der Waals surface area contributed by atoms with Crippen molar-refractivity contribution in [2.75, 3.05) is 6.61 Å². The summed E-state index contributed by atoms with van der Waals surface area (Å²) in [5.41, 5.74) is 3.19. The maximum absolute atomic E-state index is 11.5. The number of aryl methyl sites for hydroxylation is 2. The third-order valence-electron chi connectivity index (χ3n) is 3.03. The summed E-state index contributed by atoms with van der Waals surface area (Å²) in [5, 5.41) is 12.1. The van der Waals surface area contributed by atoms with E-state index in [-0.39, 0.29) is 11.2 Å². The van der Waals surface area contributed by atoms with Gasteiger partial charge in [0, 0.05) is 6.42 Å². The summed E-state index contributed by atoms with van der Waals surface area (Å²) in [7, 11) is 0. The Morgan fingerprint density at radius 1 is 1.30 bits per heavy atom. The molecule has 1 aliphatic heterocycles. The predicted octanol–water partition coefficient (Wildman–Crippen LogP) is 1.69. The molecular weight excluding hydrogens is 276 g/mol. The molecule has 104 valence electrons. The number of hydrogen-bond acceptors (Lipinski definition) is 6. The second kappa shape index (κ2) is 5.24. The molecule has 0 bridgehead atoms. The first-order valence-corrected chi connectivity index (χ1v) is 7.22. The first kappa shape index (κ1) is 13.1. The zero-order valence-electron chi connectivity index (χ0n) is 11.2. The average molecular weight is 290 g/mol. The molecule has 1 aromatic carbocycles. The summed E-state index contributed by atoms with van der Waals surface area (Å²) in [4.78, 5) is 11.5. The van der Waals surface area contributed by atoms with E-state index < -0.39 is 0 Å². The van der Waals surface area contributed by atoms with Crippen LogP contribution in [0.4, 0.5) is 0 Å². The molecule has 1 aliphatic rings. The van der Waals surface area contributed by atoms with Gasteiger partial charge in [0.05, 0.1) is 12.3 Å². The van der Waals surface area contributed by atoms with Gasteiger partial charge in [-0.2, -0.15) is 4.68 Å². The predicted molar refractivity (Wildman–Crippen MR) is 73.8 cm³/mol. The van der Waals surface area contributed by atoms with Crippen molar-refractivity contribution in [3.05, 3.63) is 29.3 Å². The van der Waals surface area contributed by atoms with Crippen LogP contribution in [-0.2, 0) is 9.53 Å². The molecule has 2 heterocycles. The van der Waals surface area contributed by atoms with Crippen LogP contribution in [0.5, 0.6) is 0 Å². The van der Waals surface area contributed by atoms with Crippen LogP contribution in [0, 0.1) is 13.8 Å². The number of aromatic nitrogens is 4. The lowest BCUT2D eigenvalue weighted by atomic mass is 10.1. The average Bonchev–Trinajstić information content (AvgIpc) is 2.99. The number of ether oxygens (including phenoxy) is 1. The largest absolute Gasteiger partial charge is 0.465 e. The van der Waals surface area contributed by atoms with Crippen LogP contribution < -0.4 is 0 Å². The summed E-state index contributed by atoms with van der Waals surface area (Å²) in [6.07, 6.45) is 0.698. The number of nitrogens with zero attached hydrogens (tertiary/aromatic N) is 4. The normalized spacial score (nSPS) is 18.3. The number of tetrazole rings is 1. The van der Waals surface area contributed by atoms with Gasteiger partial charge in [0.15, 0.2) is 0 Å². The van der Waals surface area contributed by atoms with E-state index in [9.17, 15) is 4.79 Å². The molecule has 1 saturated heterocycles. The molecule has 7 heteroatoms.